The summed E-state index contributed by atoms with van der Waals surface area (Å²) in [6.07, 6.45) is 1.82. The number of pyridine rings is 1. The van der Waals surface area contributed by atoms with Crippen LogP contribution in [0.25, 0.3) is 83.6 Å². The van der Waals surface area contributed by atoms with E-state index in [0.717, 1.165) is 72.0 Å². The molecule has 0 aliphatic carbocycles. The van der Waals surface area contributed by atoms with Gasteiger partial charge in [-0.1, -0.05) is 162 Å². The summed E-state index contributed by atoms with van der Waals surface area (Å²) in [6, 6.07) is 54.2. The largest absolute Gasteiger partial charge is 0.501 e. The molecule has 6 heteroatoms. The van der Waals surface area contributed by atoms with E-state index in [-0.39, 0.29) is 37.8 Å². The molecule has 0 atom stereocenters. The van der Waals surface area contributed by atoms with Crippen LogP contribution < -0.4 is 5.19 Å². The molecule has 0 fully saturated rings. The van der Waals surface area contributed by atoms with E-state index < -0.39 is 26.7 Å². The third-order valence-electron chi connectivity index (χ3n) is 11.4. The zero-order chi connectivity index (χ0) is 49.9. The fourth-order valence-corrected chi connectivity index (χ4v) is 9.09. The number of imidazole rings is 1. The minimum absolute atomic E-state index is 0. The van der Waals surface area contributed by atoms with Crippen LogP contribution in [-0.2, 0) is 20.1 Å². The Morgan fingerprint density at radius 3 is 2.00 bits per heavy atom. The molecule has 7 aromatic carbocycles. The normalized spacial score (nSPS) is 13.7. The molecule has 0 spiro atoms. The predicted octanol–water partition coefficient (Wildman–Crippen LogP) is 15.4. The number of furan rings is 1. The van der Waals surface area contributed by atoms with Gasteiger partial charge in [0.2, 0.25) is 0 Å². The Morgan fingerprint density at radius 2 is 1.38 bits per heavy atom. The first-order valence-electron chi connectivity index (χ1n) is 24.7. The Bertz CT molecular complexity index is 3500. The third-order valence-corrected chi connectivity index (χ3v) is 13.5. The van der Waals surface area contributed by atoms with E-state index in [1.54, 1.807) is 0 Å². The van der Waals surface area contributed by atoms with Gasteiger partial charge in [-0.3, -0.25) is 4.98 Å². The van der Waals surface area contributed by atoms with Crippen molar-refractivity contribution in [2.75, 3.05) is 0 Å². The molecule has 0 amide bonds. The second-order valence-corrected chi connectivity index (χ2v) is 22.4. The SMILES string of the molecule is [2H]C(C)(C)c1cc(-c2ccccc2)cc(C([2H])(C)C)c1-n1c(-c2[c-]ccc3c2oc2cc(-c4ccccc4)ccc23)nc2ccccc21.[2H]c1[c-]c(-c2ccc([Si](C)(C)C)cn2)cc([2H])c1C([2H])([2H])[2H].[Ir]. The molecule has 10 rings (SSSR count). The summed E-state index contributed by atoms with van der Waals surface area (Å²) in [5.41, 5.74) is 11.4. The Hall–Kier alpha value is -6.17. The zero-order valence-electron chi connectivity index (χ0n) is 44.0. The van der Waals surface area contributed by atoms with Crippen molar-refractivity contribution in [1.29, 1.82) is 0 Å². The number of benzene rings is 7. The first-order chi connectivity index (χ1) is 33.1. The minimum atomic E-state index is -2.47. The average Bonchev–Trinajstić information content (AvgIpc) is 3.89. The monoisotopic (exact) mass is 1040 g/mol. The summed E-state index contributed by atoms with van der Waals surface area (Å²) in [4.78, 5) is 9.61. The van der Waals surface area contributed by atoms with Crippen LogP contribution in [0.15, 0.2) is 168 Å². The van der Waals surface area contributed by atoms with Gasteiger partial charge < -0.3 is 14.0 Å². The van der Waals surface area contributed by atoms with Gasteiger partial charge in [-0.05, 0) is 86.4 Å². The Morgan fingerprint density at radius 1 is 0.703 bits per heavy atom. The molecule has 0 bridgehead atoms. The summed E-state index contributed by atoms with van der Waals surface area (Å²) in [7, 11) is -1.43. The molecule has 3 aromatic heterocycles. The molecule has 0 N–H and O–H groups in total. The third kappa shape index (κ3) is 8.83. The average molecular weight is 1040 g/mol. The van der Waals surface area contributed by atoms with Gasteiger partial charge in [0.25, 0.3) is 0 Å². The zero-order valence-corrected chi connectivity index (χ0v) is 40.4. The Kier molecular flexibility index (Phi) is 10.5. The van der Waals surface area contributed by atoms with Crippen molar-refractivity contribution in [2.45, 2.75) is 66.0 Å². The molecule has 64 heavy (non-hydrogen) atoms. The van der Waals surface area contributed by atoms with Crippen LogP contribution in [0.4, 0.5) is 0 Å². The molecule has 10 aromatic rings. The first kappa shape index (κ1) is 36.2. The molecular formula is C58H53IrN3OSi-2. The van der Waals surface area contributed by atoms with Gasteiger partial charge in [0, 0.05) is 47.0 Å². The van der Waals surface area contributed by atoms with Gasteiger partial charge in [0.05, 0.1) is 30.5 Å². The van der Waals surface area contributed by atoms with Crippen LogP contribution >= 0.6 is 0 Å². The van der Waals surface area contributed by atoms with Crippen molar-refractivity contribution in [3.8, 4) is 50.6 Å². The smallest absolute Gasteiger partial charge is 0.121 e. The molecule has 0 aliphatic rings. The predicted molar refractivity (Wildman–Crippen MR) is 268 cm³/mol. The van der Waals surface area contributed by atoms with Gasteiger partial charge in [0.1, 0.15) is 5.58 Å². The Balaban J connectivity index is 0.000000248. The van der Waals surface area contributed by atoms with Crippen molar-refractivity contribution in [3.63, 3.8) is 0 Å². The first-order valence-corrected chi connectivity index (χ1v) is 24.7. The second-order valence-electron chi connectivity index (χ2n) is 17.3. The standard InChI is InChI=1S/C43H35N2O.C15H18NSi.Ir/c1-27(2)36-24-32(30-16-9-6-10-17-30)25-37(28(3)4)41(36)45-39-21-12-11-20-38(39)44-43(45)35-19-13-18-34-33-23-22-31(26-40(33)46-42(34)35)29-14-7-5-8-15-29;1-12-5-7-13(8-6-12)15-10-9-14(11-16-15)17(2,3)4;/h5-18,20-28H,1-4H3;5-7,9-11H,1-4H3;/q2*-1;/i27D,28D;1D3,5D,6D;. The van der Waals surface area contributed by atoms with E-state index in [4.69, 9.17) is 16.3 Å². The second kappa shape index (κ2) is 18.5. The van der Waals surface area contributed by atoms with Gasteiger partial charge in [-0.25, -0.2) is 0 Å². The van der Waals surface area contributed by atoms with E-state index in [0.29, 0.717) is 22.7 Å². The molecule has 3 heterocycles. The number of aromatic nitrogens is 3. The van der Waals surface area contributed by atoms with E-state index >= 15 is 0 Å². The van der Waals surface area contributed by atoms with E-state index in [9.17, 15) is 2.74 Å². The van der Waals surface area contributed by atoms with Crippen LogP contribution in [0.1, 0.15) is 65.8 Å². The number of para-hydroxylation sites is 2. The van der Waals surface area contributed by atoms with Crippen LogP contribution in [-0.4, -0.2) is 22.6 Å². The summed E-state index contributed by atoms with van der Waals surface area (Å²) < 4.78 is 65.6. The molecule has 1 radical (unpaired) electrons. The Labute approximate surface area is 402 Å². The van der Waals surface area contributed by atoms with Crippen LogP contribution in [0.2, 0.25) is 19.6 Å². The molecule has 0 saturated heterocycles. The number of fused-ring (bicyclic) bond motifs is 4. The van der Waals surface area contributed by atoms with Crippen LogP contribution in [0.5, 0.6) is 0 Å². The maximum absolute atomic E-state index is 9.43. The van der Waals surface area contributed by atoms with Gasteiger partial charge in [-0.15, -0.1) is 53.5 Å². The van der Waals surface area contributed by atoms with Gasteiger partial charge >= 0.3 is 0 Å². The molecule has 4 nitrogen and oxygen atoms in total. The van der Waals surface area contributed by atoms with Crippen molar-refractivity contribution >= 4 is 46.2 Å². The number of nitrogens with zero attached hydrogens (tertiary/aromatic N) is 3. The van der Waals surface area contributed by atoms with Crippen LogP contribution in [0.3, 0.4) is 0 Å². The summed E-state index contributed by atoms with van der Waals surface area (Å²) in [5.74, 6) is -1.33. The number of rotatable bonds is 8. The summed E-state index contributed by atoms with van der Waals surface area (Å²) in [5, 5.41) is 3.22. The van der Waals surface area contributed by atoms with E-state index in [1.165, 1.54) is 11.3 Å². The number of hydrogen-bond donors (Lipinski definition) is 0. The molecule has 0 unspecified atom stereocenters. The van der Waals surface area contributed by atoms with E-state index in [1.807, 2.05) is 113 Å². The van der Waals surface area contributed by atoms with Gasteiger partial charge in [-0.2, -0.15) is 0 Å². The topological polar surface area (TPSA) is 43.9 Å². The quantitative estimate of drug-likeness (QED) is 0.113. The fraction of sp³-hybridized carbons (Fsp3) is 0.172. The number of hydrogen-bond acceptors (Lipinski definition) is 3. The fourth-order valence-electron chi connectivity index (χ4n) is 8.05. The van der Waals surface area contributed by atoms with Crippen LogP contribution in [0, 0.1) is 19.0 Å². The summed E-state index contributed by atoms with van der Waals surface area (Å²) >= 11 is 0. The maximum atomic E-state index is 9.43. The van der Waals surface area contributed by atoms with Crippen molar-refractivity contribution < 1.29 is 34.1 Å². The molecular weight excluding hydrogens is 975 g/mol. The summed E-state index contributed by atoms with van der Waals surface area (Å²) in [6.45, 7) is 11.9. The molecule has 321 valence electrons. The maximum Gasteiger partial charge on any atom is 0.121 e. The molecule has 0 saturated carbocycles. The minimum Gasteiger partial charge on any atom is -0.501 e. The molecule has 0 aliphatic heterocycles. The van der Waals surface area contributed by atoms with Crippen molar-refractivity contribution in [1.82, 2.24) is 14.5 Å². The van der Waals surface area contributed by atoms with E-state index in [2.05, 4.69) is 102 Å². The van der Waals surface area contributed by atoms with Crippen molar-refractivity contribution in [2.24, 2.45) is 0 Å². The van der Waals surface area contributed by atoms with Crippen molar-refractivity contribution in [3.05, 3.63) is 193 Å². The van der Waals surface area contributed by atoms with Gasteiger partial charge in [0.15, 0.2) is 0 Å².